The first-order valence-corrected chi connectivity index (χ1v) is 10.0. The van der Waals surface area contributed by atoms with Crippen LogP contribution in [0.15, 0.2) is 0 Å². The van der Waals surface area contributed by atoms with Crippen molar-refractivity contribution in [2.24, 2.45) is 0 Å². The van der Waals surface area contributed by atoms with E-state index in [1.807, 2.05) is 18.7 Å². The lowest BCUT2D eigenvalue weighted by molar-refractivity contribution is -0.139. The predicted molar refractivity (Wildman–Crippen MR) is 97.2 cm³/mol. The van der Waals surface area contributed by atoms with Crippen LogP contribution in [0.25, 0.3) is 0 Å². The molecule has 2 aliphatic carbocycles. The third kappa shape index (κ3) is 4.20. The Morgan fingerprint density at radius 3 is 2.60 bits per heavy atom. The second-order valence-electron chi connectivity index (χ2n) is 7.20. The molecule has 2 saturated carbocycles. The molecule has 0 spiro atoms. The number of amides is 1. The third-order valence-electron chi connectivity index (χ3n) is 5.43. The van der Waals surface area contributed by atoms with Gasteiger partial charge in [-0.3, -0.25) is 14.5 Å². The van der Waals surface area contributed by atoms with Gasteiger partial charge in [0.15, 0.2) is 0 Å². The van der Waals surface area contributed by atoms with E-state index in [4.69, 9.17) is 5.11 Å². The standard InChI is InChI=1S/C18H27N3O3S/c1-3-21(10-15(22)23)14-8-13(9-14)20-17(24)16-11(2)19-18(25-16)12-6-4-5-7-12/h12-14H,3-10H2,1-2H3,(H,20,24)(H,22,23). The number of thiazole rings is 1. The summed E-state index contributed by atoms with van der Waals surface area (Å²) in [5.74, 6) is -0.287. The van der Waals surface area contributed by atoms with Crippen LogP contribution in [0.5, 0.6) is 0 Å². The zero-order valence-corrected chi connectivity index (χ0v) is 15.8. The number of aryl methyl sites for hydroxylation is 1. The summed E-state index contributed by atoms with van der Waals surface area (Å²) in [6.07, 6.45) is 6.54. The molecule has 2 aliphatic rings. The second kappa shape index (κ2) is 7.83. The minimum atomic E-state index is -0.797. The zero-order chi connectivity index (χ0) is 18.0. The summed E-state index contributed by atoms with van der Waals surface area (Å²) in [5, 5.41) is 13.2. The summed E-state index contributed by atoms with van der Waals surface area (Å²) in [5.41, 5.74) is 0.835. The first kappa shape index (κ1) is 18.3. The van der Waals surface area contributed by atoms with Gasteiger partial charge in [-0.05, 0) is 39.2 Å². The number of hydrogen-bond donors (Lipinski definition) is 2. The third-order valence-corrected chi connectivity index (χ3v) is 6.75. The van der Waals surface area contributed by atoms with E-state index in [0.717, 1.165) is 35.0 Å². The predicted octanol–water partition coefficient (Wildman–Crippen LogP) is 2.78. The Hall–Kier alpha value is -1.47. The molecule has 0 radical (unpaired) electrons. The fraction of sp³-hybridized carbons (Fsp3) is 0.722. The first-order valence-electron chi connectivity index (χ1n) is 9.22. The molecule has 3 rings (SSSR count). The summed E-state index contributed by atoms with van der Waals surface area (Å²) < 4.78 is 0. The van der Waals surface area contributed by atoms with Crippen molar-refractivity contribution >= 4 is 23.2 Å². The average molecular weight is 365 g/mol. The van der Waals surface area contributed by atoms with Crippen molar-refractivity contribution in [2.45, 2.75) is 70.4 Å². The van der Waals surface area contributed by atoms with Gasteiger partial charge >= 0.3 is 5.97 Å². The minimum Gasteiger partial charge on any atom is -0.480 e. The summed E-state index contributed by atoms with van der Waals surface area (Å²) >= 11 is 1.55. The molecule has 2 fully saturated rings. The van der Waals surface area contributed by atoms with Gasteiger partial charge < -0.3 is 10.4 Å². The largest absolute Gasteiger partial charge is 0.480 e. The van der Waals surface area contributed by atoms with Crippen LogP contribution < -0.4 is 5.32 Å². The van der Waals surface area contributed by atoms with Crippen molar-refractivity contribution in [2.75, 3.05) is 13.1 Å². The number of carbonyl (C=O) groups excluding carboxylic acids is 1. The SMILES string of the molecule is CCN(CC(=O)O)C1CC(NC(=O)c2sc(C3CCCC3)nc2C)C1. The van der Waals surface area contributed by atoms with E-state index in [2.05, 4.69) is 10.3 Å². The van der Waals surface area contributed by atoms with E-state index in [-0.39, 0.29) is 24.5 Å². The van der Waals surface area contributed by atoms with Crippen molar-refractivity contribution in [1.82, 2.24) is 15.2 Å². The van der Waals surface area contributed by atoms with Crippen molar-refractivity contribution in [3.63, 3.8) is 0 Å². The topological polar surface area (TPSA) is 82.5 Å². The number of carboxylic acid groups (broad SMARTS) is 1. The Kier molecular flexibility index (Phi) is 5.74. The number of carbonyl (C=O) groups is 2. The van der Waals surface area contributed by atoms with Gasteiger partial charge in [0.2, 0.25) is 0 Å². The maximum absolute atomic E-state index is 12.6. The molecule has 1 amide bonds. The van der Waals surface area contributed by atoms with Crippen LogP contribution in [0.1, 0.15) is 71.7 Å². The number of hydrogen-bond acceptors (Lipinski definition) is 5. The summed E-state index contributed by atoms with van der Waals surface area (Å²) in [6.45, 7) is 4.68. The lowest BCUT2D eigenvalue weighted by Gasteiger charge is -2.42. The summed E-state index contributed by atoms with van der Waals surface area (Å²) in [6, 6.07) is 0.389. The molecule has 0 unspecified atom stereocenters. The molecule has 0 saturated heterocycles. The van der Waals surface area contributed by atoms with E-state index >= 15 is 0 Å². The Morgan fingerprint density at radius 1 is 1.32 bits per heavy atom. The lowest BCUT2D eigenvalue weighted by atomic mass is 9.85. The highest BCUT2D eigenvalue weighted by atomic mass is 32.1. The number of nitrogens with one attached hydrogen (secondary N) is 1. The highest BCUT2D eigenvalue weighted by Gasteiger charge is 2.35. The van der Waals surface area contributed by atoms with Gasteiger partial charge in [-0.25, -0.2) is 4.98 Å². The number of rotatable bonds is 7. The van der Waals surface area contributed by atoms with Gasteiger partial charge in [0.1, 0.15) is 4.88 Å². The smallest absolute Gasteiger partial charge is 0.317 e. The highest BCUT2D eigenvalue weighted by molar-refractivity contribution is 7.13. The molecular formula is C18H27N3O3S. The molecule has 0 bridgehead atoms. The molecule has 1 heterocycles. The van der Waals surface area contributed by atoms with Gasteiger partial charge in [0.05, 0.1) is 17.2 Å². The van der Waals surface area contributed by atoms with E-state index < -0.39 is 5.97 Å². The molecule has 0 aromatic carbocycles. The minimum absolute atomic E-state index is 0.0241. The number of carboxylic acids is 1. The lowest BCUT2D eigenvalue weighted by Crippen LogP contribution is -2.54. The maximum Gasteiger partial charge on any atom is 0.317 e. The van der Waals surface area contributed by atoms with Gasteiger partial charge in [-0.2, -0.15) is 0 Å². The summed E-state index contributed by atoms with van der Waals surface area (Å²) in [7, 11) is 0. The zero-order valence-electron chi connectivity index (χ0n) is 15.0. The van der Waals surface area contributed by atoms with Crippen LogP contribution in [0.2, 0.25) is 0 Å². The molecule has 0 atom stereocenters. The fourth-order valence-corrected chi connectivity index (χ4v) is 5.04. The molecule has 6 nitrogen and oxygen atoms in total. The van der Waals surface area contributed by atoms with Crippen LogP contribution in [0.4, 0.5) is 0 Å². The Bertz CT molecular complexity index is 634. The van der Waals surface area contributed by atoms with Crippen LogP contribution in [-0.4, -0.2) is 52.0 Å². The molecule has 1 aromatic heterocycles. The van der Waals surface area contributed by atoms with Gasteiger partial charge in [0, 0.05) is 18.0 Å². The van der Waals surface area contributed by atoms with Gasteiger partial charge in [0.25, 0.3) is 5.91 Å². The number of aromatic nitrogens is 1. The number of aliphatic carboxylic acids is 1. The maximum atomic E-state index is 12.6. The van der Waals surface area contributed by atoms with Crippen molar-refractivity contribution < 1.29 is 14.7 Å². The first-order chi connectivity index (χ1) is 12.0. The van der Waals surface area contributed by atoms with Crippen molar-refractivity contribution in [3.05, 3.63) is 15.6 Å². The molecule has 0 aliphatic heterocycles. The molecule has 1 aromatic rings. The van der Waals surface area contributed by atoms with Crippen LogP contribution in [-0.2, 0) is 4.79 Å². The van der Waals surface area contributed by atoms with E-state index in [0.29, 0.717) is 5.92 Å². The Labute approximate surface area is 152 Å². The Morgan fingerprint density at radius 2 is 2.00 bits per heavy atom. The molecule has 25 heavy (non-hydrogen) atoms. The van der Waals surface area contributed by atoms with Crippen LogP contribution in [0, 0.1) is 6.92 Å². The van der Waals surface area contributed by atoms with Gasteiger partial charge in [-0.1, -0.05) is 19.8 Å². The summed E-state index contributed by atoms with van der Waals surface area (Å²) in [4.78, 5) is 30.8. The molecule has 2 N–H and O–H groups in total. The average Bonchev–Trinajstić information content (AvgIpc) is 3.17. The molecular weight excluding hydrogens is 338 g/mol. The second-order valence-corrected chi connectivity index (χ2v) is 8.23. The molecule has 138 valence electrons. The monoisotopic (exact) mass is 365 g/mol. The van der Waals surface area contributed by atoms with Crippen molar-refractivity contribution in [3.8, 4) is 0 Å². The number of likely N-dealkylation sites (N-methyl/N-ethyl adjacent to an activating group) is 1. The molecule has 7 heteroatoms. The van der Waals surface area contributed by atoms with E-state index in [1.165, 1.54) is 25.7 Å². The fourth-order valence-electron chi connectivity index (χ4n) is 3.90. The van der Waals surface area contributed by atoms with E-state index in [1.54, 1.807) is 11.3 Å². The van der Waals surface area contributed by atoms with E-state index in [9.17, 15) is 9.59 Å². The Balaban J connectivity index is 1.53. The normalized spacial score (nSPS) is 23.6. The highest BCUT2D eigenvalue weighted by Crippen LogP contribution is 2.37. The van der Waals surface area contributed by atoms with Gasteiger partial charge in [-0.15, -0.1) is 11.3 Å². The van der Waals surface area contributed by atoms with Crippen LogP contribution in [0.3, 0.4) is 0 Å². The number of nitrogens with zero attached hydrogens (tertiary/aromatic N) is 2. The van der Waals surface area contributed by atoms with Crippen molar-refractivity contribution in [1.29, 1.82) is 0 Å². The quantitative estimate of drug-likeness (QED) is 0.776. The van der Waals surface area contributed by atoms with Crippen LogP contribution >= 0.6 is 11.3 Å².